The van der Waals surface area contributed by atoms with Crippen LogP contribution in [0.3, 0.4) is 0 Å². The van der Waals surface area contributed by atoms with Gasteiger partial charge in [-0.2, -0.15) is 8.42 Å². The van der Waals surface area contributed by atoms with Gasteiger partial charge >= 0.3 is 0 Å². The zero-order chi connectivity index (χ0) is 14.2. The number of halogens is 2. The summed E-state index contributed by atoms with van der Waals surface area (Å²) in [5.74, 6) is -0.0406. The lowest BCUT2D eigenvalue weighted by Crippen LogP contribution is -2.17. The summed E-state index contributed by atoms with van der Waals surface area (Å²) in [7, 11) is -2.23. The van der Waals surface area contributed by atoms with Gasteiger partial charge in [-0.15, -0.1) is 0 Å². The van der Waals surface area contributed by atoms with Gasteiger partial charge in [0.25, 0.3) is 10.0 Å². The molecule has 9 heteroatoms. The van der Waals surface area contributed by atoms with Gasteiger partial charge in [-0.3, -0.25) is 4.72 Å². The van der Waals surface area contributed by atoms with Crippen molar-refractivity contribution >= 4 is 53.4 Å². The van der Waals surface area contributed by atoms with E-state index >= 15 is 0 Å². The summed E-state index contributed by atoms with van der Waals surface area (Å²) in [5, 5.41) is -0.0700. The number of hydrogen-bond donors (Lipinski definition) is 2. The summed E-state index contributed by atoms with van der Waals surface area (Å²) in [6.07, 6.45) is 1.35. The van der Waals surface area contributed by atoms with E-state index in [9.17, 15) is 8.42 Å². The Morgan fingerprint density at radius 2 is 2.05 bits per heavy atom. The van der Waals surface area contributed by atoms with Crippen LogP contribution in [0.1, 0.15) is 0 Å². The van der Waals surface area contributed by atoms with E-state index in [1.807, 2.05) is 0 Å². The molecule has 2 aromatic rings. The van der Waals surface area contributed by atoms with Gasteiger partial charge in [0.2, 0.25) is 0 Å². The van der Waals surface area contributed by atoms with Crippen molar-refractivity contribution in [1.29, 1.82) is 0 Å². The molecule has 3 N–H and O–H groups in total. The Labute approximate surface area is 127 Å². The molecular weight excluding hydrogens is 400 g/mol. The highest BCUT2D eigenvalue weighted by atomic mass is 79.9. The maximum Gasteiger partial charge on any atom is 0.281 e. The van der Waals surface area contributed by atoms with Gasteiger partial charge in [0.05, 0.1) is 12.0 Å². The molecule has 0 spiro atoms. The van der Waals surface area contributed by atoms with Gasteiger partial charge in [0.15, 0.2) is 10.8 Å². The van der Waals surface area contributed by atoms with Crippen molar-refractivity contribution in [1.82, 2.24) is 9.55 Å². The highest BCUT2D eigenvalue weighted by Crippen LogP contribution is 2.29. The lowest BCUT2D eigenvalue weighted by Gasteiger charge is -2.10. The maximum atomic E-state index is 12.3. The number of imidazole rings is 1. The second-order valence-electron chi connectivity index (χ2n) is 3.78. The third-order valence-electron chi connectivity index (χ3n) is 2.34. The van der Waals surface area contributed by atoms with Crippen LogP contribution in [-0.4, -0.2) is 18.0 Å². The quantitative estimate of drug-likeness (QED) is 0.813. The number of benzene rings is 1. The lowest BCUT2D eigenvalue weighted by molar-refractivity contribution is 0.592. The van der Waals surface area contributed by atoms with Crippen LogP contribution in [0.5, 0.6) is 0 Å². The number of rotatable bonds is 3. The zero-order valence-corrected chi connectivity index (χ0v) is 13.8. The molecule has 0 aliphatic heterocycles. The third kappa shape index (κ3) is 2.93. The first-order valence-corrected chi connectivity index (χ1v) is 8.13. The molecule has 0 saturated heterocycles. The molecule has 1 aromatic carbocycles. The molecule has 1 heterocycles. The smallest absolute Gasteiger partial charge is 0.281 e. The molecule has 0 atom stereocenters. The molecule has 19 heavy (non-hydrogen) atoms. The summed E-state index contributed by atoms with van der Waals surface area (Å²) in [6.45, 7) is 0. The van der Waals surface area contributed by atoms with Crippen LogP contribution in [0.15, 0.2) is 38.5 Å². The fraction of sp³-hybridized carbons (Fsp3) is 0.100. The largest absolute Gasteiger partial charge is 0.381 e. The zero-order valence-electron chi connectivity index (χ0n) is 9.76. The minimum atomic E-state index is -3.80. The van der Waals surface area contributed by atoms with Crippen molar-refractivity contribution in [2.75, 3.05) is 10.5 Å². The van der Waals surface area contributed by atoms with E-state index in [0.29, 0.717) is 10.2 Å². The predicted molar refractivity (Wildman–Crippen MR) is 80.3 cm³/mol. The molecule has 0 aliphatic carbocycles. The number of aryl methyl sites for hydroxylation is 1. The van der Waals surface area contributed by atoms with Crippen LogP contribution in [0, 0.1) is 0 Å². The minimum Gasteiger partial charge on any atom is -0.381 e. The average Bonchev–Trinajstić information content (AvgIpc) is 2.64. The Hall–Kier alpha value is -1.06. The predicted octanol–water partition coefficient (Wildman–Crippen LogP) is 2.33. The number of nitrogen functional groups attached to an aromatic ring is 1. The number of anilines is 2. The number of nitrogens with two attached hydrogens (primary N) is 1. The standard InChI is InChI=1S/C10H10Br2N4O2S/c1-16-5-14-9(13)10(16)19(17,18)15-8-4-6(11)2-3-7(8)12/h2-5,15H,13H2,1H3. The van der Waals surface area contributed by atoms with Crippen molar-refractivity contribution in [3.63, 3.8) is 0 Å². The molecule has 0 bridgehead atoms. The highest BCUT2D eigenvalue weighted by molar-refractivity contribution is 9.11. The van der Waals surface area contributed by atoms with Gasteiger partial charge < -0.3 is 10.3 Å². The molecule has 1 aromatic heterocycles. The molecule has 2 rings (SSSR count). The van der Waals surface area contributed by atoms with Crippen molar-refractivity contribution in [2.24, 2.45) is 7.05 Å². The summed E-state index contributed by atoms with van der Waals surface area (Å²) < 4.78 is 29.8. The monoisotopic (exact) mass is 408 g/mol. The molecule has 6 nitrogen and oxygen atoms in total. The van der Waals surface area contributed by atoms with Crippen LogP contribution in [0.25, 0.3) is 0 Å². The van der Waals surface area contributed by atoms with Gasteiger partial charge in [0, 0.05) is 16.0 Å². The summed E-state index contributed by atoms with van der Waals surface area (Å²) in [5.41, 5.74) is 5.99. The fourth-order valence-electron chi connectivity index (χ4n) is 1.53. The Morgan fingerprint density at radius 1 is 1.37 bits per heavy atom. The van der Waals surface area contributed by atoms with Crippen molar-refractivity contribution in [2.45, 2.75) is 5.03 Å². The first kappa shape index (κ1) is 14.4. The van der Waals surface area contributed by atoms with E-state index in [4.69, 9.17) is 5.73 Å². The van der Waals surface area contributed by atoms with Gasteiger partial charge in [-0.25, -0.2) is 4.98 Å². The first-order chi connectivity index (χ1) is 8.81. The Morgan fingerprint density at radius 3 is 2.63 bits per heavy atom. The normalized spacial score (nSPS) is 11.5. The highest BCUT2D eigenvalue weighted by Gasteiger charge is 2.23. The molecule has 0 saturated carbocycles. The van der Waals surface area contributed by atoms with Crippen molar-refractivity contribution in [3.05, 3.63) is 33.5 Å². The third-order valence-corrected chi connectivity index (χ3v) is 5.02. The molecular formula is C10H10Br2N4O2S. The Balaban J connectivity index is 2.45. The van der Waals surface area contributed by atoms with E-state index in [0.717, 1.165) is 4.47 Å². The Bertz CT molecular complexity index is 708. The van der Waals surface area contributed by atoms with Gasteiger partial charge in [0.1, 0.15) is 0 Å². The molecule has 0 amide bonds. The molecule has 102 valence electrons. The molecule has 0 radical (unpaired) electrons. The summed E-state index contributed by atoms with van der Waals surface area (Å²) in [6, 6.07) is 5.17. The Kier molecular flexibility index (Phi) is 3.88. The number of hydrogen-bond acceptors (Lipinski definition) is 4. The number of aromatic nitrogens is 2. The topological polar surface area (TPSA) is 90.0 Å². The second-order valence-corrected chi connectivity index (χ2v) is 7.14. The minimum absolute atomic E-state index is 0.0406. The first-order valence-electron chi connectivity index (χ1n) is 5.06. The van der Waals surface area contributed by atoms with Gasteiger partial charge in [-0.05, 0) is 34.1 Å². The van der Waals surface area contributed by atoms with E-state index in [1.54, 1.807) is 25.2 Å². The fourth-order valence-corrected chi connectivity index (χ4v) is 3.68. The van der Waals surface area contributed by atoms with Crippen LogP contribution in [0.2, 0.25) is 0 Å². The van der Waals surface area contributed by atoms with E-state index in [-0.39, 0.29) is 10.8 Å². The van der Waals surface area contributed by atoms with Crippen molar-refractivity contribution in [3.8, 4) is 0 Å². The molecule has 0 unspecified atom stereocenters. The molecule has 0 aliphatic rings. The van der Waals surface area contributed by atoms with Crippen LogP contribution in [-0.2, 0) is 17.1 Å². The van der Waals surface area contributed by atoms with Gasteiger partial charge in [-0.1, -0.05) is 15.9 Å². The van der Waals surface area contributed by atoms with Crippen molar-refractivity contribution < 1.29 is 8.42 Å². The average molecular weight is 410 g/mol. The number of sulfonamides is 1. The molecule has 0 fully saturated rings. The maximum absolute atomic E-state index is 12.3. The van der Waals surface area contributed by atoms with E-state index < -0.39 is 10.0 Å². The number of nitrogens with zero attached hydrogens (tertiary/aromatic N) is 2. The number of nitrogens with one attached hydrogen (secondary N) is 1. The van der Waals surface area contributed by atoms with Crippen LogP contribution in [0.4, 0.5) is 11.5 Å². The summed E-state index contributed by atoms with van der Waals surface area (Å²) >= 11 is 6.57. The van der Waals surface area contributed by atoms with Crippen LogP contribution < -0.4 is 10.5 Å². The SMILES string of the molecule is Cn1cnc(N)c1S(=O)(=O)Nc1cc(Br)ccc1Br. The van der Waals surface area contributed by atoms with E-state index in [2.05, 4.69) is 41.6 Å². The van der Waals surface area contributed by atoms with E-state index in [1.165, 1.54) is 10.9 Å². The van der Waals surface area contributed by atoms with Crippen LogP contribution >= 0.6 is 31.9 Å². The second kappa shape index (κ2) is 5.14. The summed E-state index contributed by atoms with van der Waals surface area (Å²) in [4.78, 5) is 3.76. The lowest BCUT2D eigenvalue weighted by atomic mass is 10.3.